The molecule has 2 rings (SSSR count). The number of ether oxygens (including phenoxy) is 3. The van der Waals surface area contributed by atoms with Crippen molar-refractivity contribution >= 4 is 18.0 Å². The molecule has 0 heterocycles. The van der Waals surface area contributed by atoms with Crippen molar-refractivity contribution < 1.29 is 23.8 Å². The first-order valence-corrected chi connectivity index (χ1v) is 8.72. The van der Waals surface area contributed by atoms with Crippen LogP contribution in [0.1, 0.15) is 24.0 Å². The van der Waals surface area contributed by atoms with Gasteiger partial charge in [-0.05, 0) is 54.8 Å². The third kappa shape index (κ3) is 6.61. The number of carbonyl (C=O) groups excluding carboxylic acids is 2. The lowest BCUT2D eigenvalue weighted by molar-refractivity contribution is -0.136. The van der Waals surface area contributed by atoms with Crippen molar-refractivity contribution in [2.75, 3.05) is 13.7 Å². The van der Waals surface area contributed by atoms with E-state index >= 15 is 0 Å². The maximum absolute atomic E-state index is 12.0. The van der Waals surface area contributed by atoms with Gasteiger partial charge in [-0.2, -0.15) is 5.26 Å². The number of hydrogen-bond acceptors (Lipinski definition) is 6. The van der Waals surface area contributed by atoms with Crippen molar-refractivity contribution in [3.63, 3.8) is 0 Å². The van der Waals surface area contributed by atoms with Crippen molar-refractivity contribution in [3.8, 4) is 17.6 Å². The molecule has 0 radical (unpaired) electrons. The number of carbonyl (C=O) groups is 2. The van der Waals surface area contributed by atoms with Crippen LogP contribution in [0, 0.1) is 18.3 Å². The smallest absolute Gasteiger partial charge is 0.348 e. The Labute approximate surface area is 164 Å². The summed E-state index contributed by atoms with van der Waals surface area (Å²) in [6.07, 6.45) is 2.10. The van der Waals surface area contributed by atoms with Gasteiger partial charge in [0.2, 0.25) is 0 Å². The SMILES string of the molecule is COC(=O)/C(C#N)=C/c1cccc(OC(=O)CCCOc2cccc(C)c2)c1. The zero-order valence-corrected chi connectivity index (χ0v) is 15.8. The molecule has 0 unspecified atom stereocenters. The van der Waals surface area contributed by atoms with Crippen LogP contribution in [-0.2, 0) is 14.3 Å². The lowest BCUT2D eigenvalue weighted by Gasteiger charge is -2.07. The second-order valence-electron chi connectivity index (χ2n) is 5.98. The van der Waals surface area contributed by atoms with Gasteiger partial charge in [-0.15, -0.1) is 0 Å². The topological polar surface area (TPSA) is 85.6 Å². The van der Waals surface area contributed by atoms with Crippen LogP contribution in [0.4, 0.5) is 0 Å². The van der Waals surface area contributed by atoms with Gasteiger partial charge in [0.05, 0.1) is 13.7 Å². The minimum Gasteiger partial charge on any atom is -0.494 e. The van der Waals surface area contributed by atoms with E-state index in [0.29, 0.717) is 24.3 Å². The Kier molecular flexibility index (Phi) is 7.79. The average molecular weight is 379 g/mol. The van der Waals surface area contributed by atoms with E-state index in [1.807, 2.05) is 31.2 Å². The van der Waals surface area contributed by atoms with Crippen LogP contribution in [-0.4, -0.2) is 25.7 Å². The van der Waals surface area contributed by atoms with Crippen molar-refractivity contribution in [3.05, 3.63) is 65.2 Å². The fraction of sp³-hybridized carbons (Fsp3) is 0.227. The summed E-state index contributed by atoms with van der Waals surface area (Å²) in [4.78, 5) is 23.5. The minimum atomic E-state index is -0.724. The zero-order valence-electron chi connectivity index (χ0n) is 15.8. The number of methoxy groups -OCH3 is 1. The fourth-order valence-corrected chi connectivity index (χ4v) is 2.38. The van der Waals surface area contributed by atoms with Gasteiger partial charge in [-0.1, -0.05) is 24.3 Å². The monoisotopic (exact) mass is 379 g/mol. The second-order valence-corrected chi connectivity index (χ2v) is 5.98. The van der Waals surface area contributed by atoms with Gasteiger partial charge in [0.15, 0.2) is 0 Å². The molecule has 0 aliphatic carbocycles. The molecule has 0 N–H and O–H groups in total. The number of rotatable bonds is 8. The van der Waals surface area contributed by atoms with E-state index in [9.17, 15) is 9.59 Å². The quantitative estimate of drug-likeness (QED) is 0.228. The lowest BCUT2D eigenvalue weighted by Crippen LogP contribution is -2.10. The molecule has 6 nitrogen and oxygen atoms in total. The van der Waals surface area contributed by atoms with Gasteiger partial charge in [0.25, 0.3) is 0 Å². The van der Waals surface area contributed by atoms with Gasteiger partial charge >= 0.3 is 11.9 Å². The van der Waals surface area contributed by atoms with E-state index in [-0.39, 0.29) is 18.0 Å². The lowest BCUT2D eigenvalue weighted by atomic mass is 10.1. The third-order valence-electron chi connectivity index (χ3n) is 3.71. The van der Waals surface area contributed by atoms with Crippen LogP contribution in [0.25, 0.3) is 6.08 Å². The highest BCUT2D eigenvalue weighted by Gasteiger charge is 2.10. The van der Waals surface area contributed by atoms with Gasteiger partial charge in [0, 0.05) is 6.42 Å². The summed E-state index contributed by atoms with van der Waals surface area (Å²) in [6, 6.07) is 16.0. The van der Waals surface area contributed by atoms with E-state index in [4.69, 9.17) is 14.7 Å². The number of nitriles is 1. The Morgan fingerprint density at radius 3 is 2.57 bits per heavy atom. The van der Waals surface area contributed by atoms with Crippen LogP contribution in [0.15, 0.2) is 54.1 Å². The summed E-state index contributed by atoms with van der Waals surface area (Å²) in [5.74, 6) is -0.00628. The normalized spacial score (nSPS) is 10.7. The largest absolute Gasteiger partial charge is 0.494 e. The molecule has 0 amide bonds. The minimum absolute atomic E-state index is 0.140. The predicted molar refractivity (Wildman–Crippen MR) is 104 cm³/mol. The summed E-state index contributed by atoms with van der Waals surface area (Å²) in [7, 11) is 1.20. The molecule has 0 aliphatic rings. The summed E-state index contributed by atoms with van der Waals surface area (Å²) >= 11 is 0. The number of esters is 2. The van der Waals surface area contributed by atoms with E-state index < -0.39 is 5.97 Å². The standard InChI is InChI=1S/C22H21NO5/c1-16-6-3-8-19(12-16)27-11-5-10-21(24)28-20-9-4-7-17(14-20)13-18(15-23)22(25)26-2/h3-4,6-9,12-14H,5,10-11H2,1-2H3/b18-13+. The third-order valence-corrected chi connectivity index (χ3v) is 3.71. The first kappa shape index (κ1) is 20.7. The molecule has 0 aliphatic heterocycles. The molecule has 144 valence electrons. The Bertz CT molecular complexity index is 911. The molecule has 0 aromatic heterocycles. The highest BCUT2D eigenvalue weighted by Crippen LogP contribution is 2.17. The number of benzene rings is 2. The van der Waals surface area contributed by atoms with Crippen LogP contribution < -0.4 is 9.47 Å². The van der Waals surface area contributed by atoms with Gasteiger partial charge in [-0.3, -0.25) is 4.79 Å². The molecule has 0 fully saturated rings. The van der Waals surface area contributed by atoms with Crippen LogP contribution in [0.5, 0.6) is 11.5 Å². The van der Waals surface area contributed by atoms with E-state index in [2.05, 4.69) is 4.74 Å². The van der Waals surface area contributed by atoms with Gasteiger partial charge in [0.1, 0.15) is 23.1 Å². The maximum atomic E-state index is 12.0. The molecular formula is C22H21NO5. The Balaban J connectivity index is 1.86. The molecule has 6 heteroatoms. The van der Waals surface area contributed by atoms with Crippen molar-refractivity contribution in [1.29, 1.82) is 5.26 Å². The summed E-state index contributed by atoms with van der Waals surface area (Å²) in [5.41, 5.74) is 1.52. The molecule has 2 aromatic carbocycles. The molecule has 28 heavy (non-hydrogen) atoms. The highest BCUT2D eigenvalue weighted by atomic mass is 16.5. The molecule has 0 atom stereocenters. The van der Waals surface area contributed by atoms with Crippen molar-refractivity contribution in [1.82, 2.24) is 0 Å². The molecule has 0 saturated carbocycles. The maximum Gasteiger partial charge on any atom is 0.348 e. The molecular weight excluding hydrogens is 358 g/mol. The molecule has 0 bridgehead atoms. The van der Waals surface area contributed by atoms with Crippen LogP contribution in [0.2, 0.25) is 0 Å². The molecule has 2 aromatic rings. The van der Waals surface area contributed by atoms with Gasteiger partial charge < -0.3 is 14.2 Å². The number of hydrogen-bond donors (Lipinski definition) is 0. The number of nitrogens with zero attached hydrogens (tertiary/aromatic N) is 1. The van der Waals surface area contributed by atoms with Gasteiger partial charge in [-0.25, -0.2) is 4.79 Å². The summed E-state index contributed by atoms with van der Waals surface area (Å²) in [5, 5.41) is 9.01. The summed E-state index contributed by atoms with van der Waals surface area (Å²) in [6.45, 7) is 2.39. The number of aryl methyl sites for hydroxylation is 1. The Hall–Kier alpha value is -3.59. The fourth-order valence-electron chi connectivity index (χ4n) is 2.38. The van der Waals surface area contributed by atoms with E-state index in [1.165, 1.54) is 13.2 Å². The van der Waals surface area contributed by atoms with E-state index in [1.54, 1.807) is 30.3 Å². The first-order valence-electron chi connectivity index (χ1n) is 8.72. The second kappa shape index (κ2) is 10.5. The summed E-state index contributed by atoms with van der Waals surface area (Å²) < 4.78 is 15.4. The van der Waals surface area contributed by atoms with Crippen LogP contribution >= 0.6 is 0 Å². The van der Waals surface area contributed by atoms with Crippen LogP contribution in [0.3, 0.4) is 0 Å². The predicted octanol–water partition coefficient (Wildman–Crippen LogP) is 3.84. The highest BCUT2D eigenvalue weighted by molar-refractivity contribution is 5.97. The Morgan fingerprint density at radius 2 is 1.86 bits per heavy atom. The molecule has 0 spiro atoms. The average Bonchev–Trinajstić information content (AvgIpc) is 2.69. The first-order chi connectivity index (χ1) is 13.5. The van der Waals surface area contributed by atoms with Crippen molar-refractivity contribution in [2.45, 2.75) is 19.8 Å². The van der Waals surface area contributed by atoms with Crippen molar-refractivity contribution in [2.24, 2.45) is 0 Å². The Morgan fingerprint density at radius 1 is 1.11 bits per heavy atom. The zero-order chi connectivity index (χ0) is 20.4. The molecule has 0 saturated heterocycles. The van der Waals surface area contributed by atoms with E-state index in [0.717, 1.165) is 11.3 Å².